The van der Waals surface area contributed by atoms with Crippen molar-refractivity contribution >= 4 is 0 Å². The molecular weight excluding hydrogens is 124 g/mol. The molecule has 10 heavy (non-hydrogen) atoms. The van der Waals surface area contributed by atoms with Crippen molar-refractivity contribution < 1.29 is 0 Å². The Labute approximate surface area is 60.3 Å². The Hall–Kier alpha value is -1.31. The van der Waals surface area contributed by atoms with Crippen LogP contribution >= 0.6 is 0 Å². The third kappa shape index (κ3) is 1.90. The first-order chi connectivity index (χ1) is 4.93. The Bertz CT molecular complexity index is 209. The van der Waals surface area contributed by atoms with Crippen molar-refractivity contribution in [2.24, 2.45) is 0 Å². The number of hydrogen-bond acceptors (Lipinski definition) is 1. The monoisotopic (exact) mass is 134 g/mol. The van der Waals surface area contributed by atoms with Gasteiger partial charge in [0.2, 0.25) is 0 Å². The van der Waals surface area contributed by atoms with Crippen LogP contribution in [0.3, 0.4) is 0 Å². The van der Waals surface area contributed by atoms with Crippen molar-refractivity contribution in [2.45, 2.75) is 6.42 Å². The first-order valence-corrected chi connectivity index (χ1v) is 3.19. The van der Waals surface area contributed by atoms with Crippen LogP contribution in [0.2, 0.25) is 0 Å². The second-order valence-electron chi connectivity index (χ2n) is 1.90. The van der Waals surface area contributed by atoms with Gasteiger partial charge in [-0.3, -0.25) is 0 Å². The minimum absolute atomic E-state index is 0.846. The third-order valence-electron chi connectivity index (χ3n) is 1.14. The molecule has 0 atom stereocenters. The lowest BCUT2D eigenvalue weighted by Gasteiger charge is -1.84. The van der Waals surface area contributed by atoms with Gasteiger partial charge in [0.05, 0.1) is 0 Å². The van der Waals surface area contributed by atoms with Crippen molar-refractivity contribution in [3.05, 3.63) is 43.0 Å². The van der Waals surface area contributed by atoms with E-state index in [0.29, 0.717) is 0 Å². The molecule has 1 N–H and O–H groups in total. The highest BCUT2D eigenvalue weighted by Crippen LogP contribution is 1.90. The standard InChI is InChI=1S/C8H10N2/c1-2-3-4-5-8-9-6-7-10-8/h2-4,6-7H,1,5H2,(H,9,10)/b4-3+. The zero-order chi connectivity index (χ0) is 7.23. The third-order valence-corrected chi connectivity index (χ3v) is 1.14. The van der Waals surface area contributed by atoms with Gasteiger partial charge in [0, 0.05) is 18.8 Å². The molecule has 1 aromatic heterocycles. The van der Waals surface area contributed by atoms with E-state index in [0.717, 1.165) is 12.2 Å². The summed E-state index contributed by atoms with van der Waals surface area (Å²) in [5.41, 5.74) is 0. The maximum absolute atomic E-state index is 4.05. The lowest BCUT2D eigenvalue weighted by molar-refractivity contribution is 1.06. The van der Waals surface area contributed by atoms with Crippen LogP contribution in [-0.4, -0.2) is 9.97 Å². The van der Waals surface area contributed by atoms with E-state index < -0.39 is 0 Å². The number of nitrogens with one attached hydrogen (secondary N) is 1. The van der Waals surface area contributed by atoms with E-state index in [2.05, 4.69) is 16.5 Å². The van der Waals surface area contributed by atoms with Crippen molar-refractivity contribution in [1.82, 2.24) is 9.97 Å². The van der Waals surface area contributed by atoms with Crippen molar-refractivity contribution in [1.29, 1.82) is 0 Å². The van der Waals surface area contributed by atoms with Crippen LogP contribution in [0.15, 0.2) is 37.2 Å². The summed E-state index contributed by atoms with van der Waals surface area (Å²) in [4.78, 5) is 7.05. The molecule has 0 fully saturated rings. The Morgan fingerprint density at radius 3 is 3.20 bits per heavy atom. The van der Waals surface area contributed by atoms with Gasteiger partial charge in [0.15, 0.2) is 0 Å². The predicted octanol–water partition coefficient (Wildman–Crippen LogP) is 1.69. The van der Waals surface area contributed by atoms with Crippen molar-refractivity contribution in [3.63, 3.8) is 0 Å². The molecule has 52 valence electrons. The second-order valence-corrected chi connectivity index (χ2v) is 1.90. The Morgan fingerprint density at radius 1 is 1.70 bits per heavy atom. The molecule has 0 unspecified atom stereocenters. The second kappa shape index (κ2) is 3.67. The van der Waals surface area contributed by atoms with Gasteiger partial charge in [-0.2, -0.15) is 0 Å². The molecule has 0 aromatic carbocycles. The molecule has 0 amide bonds. The predicted molar refractivity (Wildman–Crippen MR) is 41.6 cm³/mol. The van der Waals surface area contributed by atoms with Gasteiger partial charge in [-0.1, -0.05) is 24.8 Å². The summed E-state index contributed by atoms with van der Waals surface area (Å²) >= 11 is 0. The highest BCUT2D eigenvalue weighted by atomic mass is 14.9. The largest absolute Gasteiger partial charge is 0.348 e. The number of allylic oxidation sites excluding steroid dienone is 3. The maximum atomic E-state index is 4.05. The lowest BCUT2D eigenvalue weighted by atomic mass is 10.3. The summed E-state index contributed by atoms with van der Waals surface area (Å²) in [7, 11) is 0. The van der Waals surface area contributed by atoms with Gasteiger partial charge in [0.1, 0.15) is 5.82 Å². The fraction of sp³-hybridized carbons (Fsp3) is 0.125. The number of hydrogen-bond donors (Lipinski definition) is 1. The molecule has 0 aliphatic rings. The number of nitrogens with zero attached hydrogens (tertiary/aromatic N) is 1. The highest BCUT2D eigenvalue weighted by Gasteiger charge is 1.86. The van der Waals surface area contributed by atoms with Gasteiger partial charge in [-0.05, 0) is 0 Å². The van der Waals surface area contributed by atoms with Crippen LogP contribution in [0.25, 0.3) is 0 Å². The Morgan fingerprint density at radius 2 is 2.60 bits per heavy atom. The average molecular weight is 134 g/mol. The molecular formula is C8H10N2. The number of imidazole rings is 1. The number of rotatable bonds is 3. The Balaban J connectivity index is 2.41. The molecule has 0 aliphatic heterocycles. The van der Waals surface area contributed by atoms with Crippen molar-refractivity contribution in [2.75, 3.05) is 0 Å². The van der Waals surface area contributed by atoms with Gasteiger partial charge in [0.25, 0.3) is 0 Å². The normalized spacial score (nSPS) is 10.4. The fourth-order valence-corrected chi connectivity index (χ4v) is 0.685. The van der Waals surface area contributed by atoms with Crippen molar-refractivity contribution in [3.8, 4) is 0 Å². The summed E-state index contributed by atoms with van der Waals surface area (Å²) in [6.07, 6.45) is 10.1. The smallest absolute Gasteiger partial charge is 0.109 e. The quantitative estimate of drug-likeness (QED) is 0.626. The van der Waals surface area contributed by atoms with E-state index in [1.165, 1.54) is 0 Å². The molecule has 0 aliphatic carbocycles. The van der Waals surface area contributed by atoms with Crippen LogP contribution < -0.4 is 0 Å². The molecule has 2 heteroatoms. The van der Waals surface area contributed by atoms with Crippen LogP contribution in [0.5, 0.6) is 0 Å². The fourth-order valence-electron chi connectivity index (χ4n) is 0.685. The molecule has 0 saturated carbocycles. The molecule has 0 spiro atoms. The molecule has 2 nitrogen and oxygen atoms in total. The number of aromatic amines is 1. The van der Waals surface area contributed by atoms with E-state index in [1.807, 2.05) is 18.3 Å². The van der Waals surface area contributed by atoms with E-state index in [9.17, 15) is 0 Å². The van der Waals surface area contributed by atoms with E-state index >= 15 is 0 Å². The molecule has 1 heterocycles. The summed E-state index contributed by atoms with van der Waals surface area (Å²) < 4.78 is 0. The van der Waals surface area contributed by atoms with Gasteiger partial charge >= 0.3 is 0 Å². The minimum Gasteiger partial charge on any atom is -0.348 e. The van der Waals surface area contributed by atoms with Crippen LogP contribution in [-0.2, 0) is 6.42 Å². The summed E-state index contributed by atoms with van der Waals surface area (Å²) in [6.45, 7) is 3.56. The topological polar surface area (TPSA) is 28.7 Å². The Kier molecular flexibility index (Phi) is 2.49. The first-order valence-electron chi connectivity index (χ1n) is 3.19. The van der Waals surface area contributed by atoms with Gasteiger partial charge in [-0.25, -0.2) is 4.98 Å². The average Bonchev–Trinajstić information content (AvgIpc) is 2.41. The lowest BCUT2D eigenvalue weighted by Crippen LogP contribution is -1.81. The summed E-state index contributed by atoms with van der Waals surface area (Å²) in [6, 6.07) is 0. The van der Waals surface area contributed by atoms with Crippen LogP contribution in [0.1, 0.15) is 5.82 Å². The molecule has 0 radical (unpaired) electrons. The highest BCUT2D eigenvalue weighted by molar-refractivity contribution is 5.02. The molecule has 0 saturated heterocycles. The summed E-state index contributed by atoms with van der Waals surface area (Å²) in [5.74, 6) is 0.984. The first kappa shape index (κ1) is 6.81. The summed E-state index contributed by atoms with van der Waals surface area (Å²) in [5, 5.41) is 0. The van der Waals surface area contributed by atoms with E-state index in [4.69, 9.17) is 0 Å². The van der Waals surface area contributed by atoms with Crippen LogP contribution in [0, 0.1) is 0 Å². The molecule has 1 aromatic rings. The minimum atomic E-state index is 0.846. The van der Waals surface area contributed by atoms with Gasteiger partial charge < -0.3 is 4.98 Å². The van der Waals surface area contributed by atoms with E-state index in [1.54, 1.807) is 12.3 Å². The zero-order valence-electron chi connectivity index (χ0n) is 5.75. The number of H-pyrrole nitrogens is 1. The maximum Gasteiger partial charge on any atom is 0.109 e. The van der Waals surface area contributed by atoms with Crippen LogP contribution in [0.4, 0.5) is 0 Å². The SMILES string of the molecule is C=C/C=C/Cc1ncc[nH]1. The van der Waals surface area contributed by atoms with E-state index in [-0.39, 0.29) is 0 Å². The zero-order valence-corrected chi connectivity index (χ0v) is 5.75. The molecule has 1 rings (SSSR count). The number of aromatic nitrogens is 2. The molecule has 0 bridgehead atoms. The van der Waals surface area contributed by atoms with Gasteiger partial charge in [-0.15, -0.1) is 0 Å².